The van der Waals surface area contributed by atoms with Crippen molar-refractivity contribution in [2.24, 2.45) is 22.7 Å². The number of fused-ring (bicyclic) bond motifs is 5. The number of ketones is 2. The van der Waals surface area contributed by atoms with E-state index in [1.54, 1.807) is 0 Å². The summed E-state index contributed by atoms with van der Waals surface area (Å²) in [5.74, 6) is 0.454. The molecule has 0 saturated heterocycles. The molecule has 25 heavy (non-hydrogen) atoms. The van der Waals surface area contributed by atoms with Crippen molar-refractivity contribution < 1.29 is 19.8 Å². The predicted molar refractivity (Wildman–Crippen MR) is 93.7 cm³/mol. The van der Waals surface area contributed by atoms with Crippen molar-refractivity contribution in [3.05, 3.63) is 23.3 Å². The summed E-state index contributed by atoms with van der Waals surface area (Å²) in [6, 6.07) is 0. The van der Waals surface area contributed by atoms with Gasteiger partial charge in [-0.25, -0.2) is 0 Å². The number of hydrogen-bond donors (Lipinski definition) is 2. The third-order valence-electron chi connectivity index (χ3n) is 8.09. The van der Waals surface area contributed by atoms with Crippen LogP contribution in [0.15, 0.2) is 23.3 Å². The average molecular weight is 344 g/mol. The molecule has 0 aromatic carbocycles. The zero-order valence-electron chi connectivity index (χ0n) is 15.2. The van der Waals surface area contributed by atoms with Gasteiger partial charge in [-0.05, 0) is 56.4 Å². The highest BCUT2D eigenvalue weighted by molar-refractivity contribution is 5.92. The Bertz CT molecular complexity index is 705. The quantitative estimate of drug-likeness (QED) is 0.756. The fourth-order valence-electron chi connectivity index (χ4n) is 6.46. The molecule has 4 rings (SSSR count). The van der Waals surface area contributed by atoms with Gasteiger partial charge >= 0.3 is 0 Å². The van der Waals surface area contributed by atoms with Crippen LogP contribution in [0.25, 0.3) is 0 Å². The fraction of sp³-hybridized carbons (Fsp3) is 0.714. The Kier molecular flexibility index (Phi) is 3.69. The van der Waals surface area contributed by atoms with Gasteiger partial charge in [-0.2, -0.15) is 0 Å². The highest BCUT2D eigenvalue weighted by atomic mass is 16.3. The number of rotatable bonds is 2. The third kappa shape index (κ3) is 2.07. The van der Waals surface area contributed by atoms with E-state index in [0.717, 1.165) is 25.7 Å². The molecule has 0 aromatic heterocycles. The molecule has 2 N–H and O–H groups in total. The number of aliphatic hydroxyl groups is 2. The van der Waals surface area contributed by atoms with E-state index in [1.807, 2.05) is 13.0 Å². The van der Waals surface area contributed by atoms with Crippen molar-refractivity contribution >= 4 is 11.6 Å². The summed E-state index contributed by atoms with van der Waals surface area (Å²) in [4.78, 5) is 24.2. The Balaban J connectivity index is 1.75. The smallest absolute Gasteiger partial charge is 0.190 e. The molecule has 4 aliphatic rings. The van der Waals surface area contributed by atoms with E-state index in [1.165, 1.54) is 11.1 Å². The molecule has 5 atom stereocenters. The monoisotopic (exact) mass is 344 g/mol. The number of carbonyl (C=O) groups excluding carboxylic acids is 2. The van der Waals surface area contributed by atoms with E-state index >= 15 is 0 Å². The first-order chi connectivity index (χ1) is 11.8. The summed E-state index contributed by atoms with van der Waals surface area (Å²) in [7, 11) is 0. The van der Waals surface area contributed by atoms with Gasteiger partial charge in [0.2, 0.25) is 0 Å². The van der Waals surface area contributed by atoms with Crippen molar-refractivity contribution in [1.82, 2.24) is 0 Å². The SMILES string of the molecule is C[C@]12CCC(=O)C=C1CC[C@@H]1C2=CC[C@@]2(C)[C@@H]1CC[C@]2(O)C(=O)CO. The van der Waals surface area contributed by atoms with Gasteiger partial charge in [0.15, 0.2) is 11.6 Å². The minimum absolute atomic E-state index is 0.0279. The van der Waals surface area contributed by atoms with Crippen molar-refractivity contribution in [3.8, 4) is 0 Å². The number of allylic oxidation sites excluding steroid dienone is 4. The molecular weight excluding hydrogens is 316 g/mol. The number of carbonyl (C=O) groups is 2. The maximum Gasteiger partial charge on any atom is 0.190 e. The largest absolute Gasteiger partial charge is 0.388 e. The maximum atomic E-state index is 12.3. The van der Waals surface area contributed by atoms with Gasteiger partial charge in [0.25, 0.3) is 0 Å². The first-order valence-electron chi connectivity index (χ1n) is 9.57. The lowest BCUT2D eigenvalue weighted by Crippen LogP contribution is -2.55. The first-order valence-corrected chi connectivity index (χ1v) is 9.57. The van der Waals surface area contributed by atoms with Crippen LogP contribution in [0.4, 0.5) is 0 Å². The normalized spacial score (nSPS) is 45.8. The summed E-state index contributed by atoms with van der Waals surface area (Å²) < 4.78 is 0. The molecule has 0 amide bonds. The van der Waals surface area contributed by atoms with Crippen LogP contribution in [0.2, 0.25) is 0 Å². The molecule has 0 unspecified atom stereocenters. The van der Waals surface area contributed by atoms with Crippen LogP contribution in [-0.2, 0) is 9.59 Å². The van der Waals surface area contributed by atoms with Gasteiger partial charge in [-0.3, -0.25) is 9.59 Å². The first kappa shape index (κ1) is 17.2. The molecule has 0 aromatic rings. The molecule has 4 heteroatoms. The standard InChI is InChI=1S/C21H28O4/c1-19-8-5-14(23)11-13(19)3-4-15-16(19)6-9-20(2)17(15)7-10-21(20,25)18(24)12-22/h6,11,15,17,22,25H,3-5,7-10,12H2,1-2H3/t15-,17-,19+,20+,21+/m1/s1. The number of aliphatic hydroxyl groups excluding tert-OH is 1. The second kappa shape index (κ2) is 5.37. The molecular formula is C21H28O4. The summed E-state index contributed by atoms with van der Waals surface area (Å²) in [6.07, 6.45) is 9.48. The second-order valence-electron chi connectivity index (χ2n) is 8.98. The average Bonchev–Trinajstić information content (AvgIpc) is 2.87. The highest BCUT2D eigenvalue weighted by Crippen LogP contribution is 2.65. The van der Waals surface area contributed by atoms with E-state index in [2.05, 4.69) is 13.0 Å². The van der Waals surface area contributed by atoms with E-state index in [4.69, 9.17) is 0 Å². The Morgan fingerprint density at radius 1 is 1.24 bits per heavy atom. The van der Waals surface area contributed by atoms with Crippen LogP contribution in [0.5, 0.6) is 0 Å². The summed E-state index contributed by atoms with van der Waals surface area (Å²) in [5.41, 5.74) is 0.770. The highest BCUT2D eigenvalue weighted by Gasteiger charge is 2.64. The van der Waals surface area contributed by atoms with Crippen LogP contribution in [-0.4, -0.2) is 34.0 Å². The molecule has 2 fully saturated rings. The Labute approximate surface area is 149 Å². The summed E-state index contributed by atoms with van der Waals surface area (Å²) >= 11 is 0. The van der Waals surface area contributed by atoms with E-state index in [-0.39, 0.29) is 17.1 Å². The van der Waals surface area contributed by atoms with Crippen LogP contribution >= 0.6 is 0 Å². The minimum atomic E-state index is -1.41. The van der Waals surface area contributed by atoms with Crippen molar-refractivity contribution in [1.29, 1.82) is 0 Å². The van der Waals surface area contributed by atoms with E-state index in [9.17, 15) is 19.8 Å². The van der Waals surface area contributed by atoms with Crippen molar-refractivity contribution in [2.75, 3.05) is 6.61 Å². The molecule has 4 nitrogen and oxygen atoms in total. The molecule has 136 valence electrons. The molecule has 4 aliphatic carbocycles. The zero-order chi connectivity index (χ0) is 18.0. The fourth-order valence-corrected chi connectivity index (χ4v) is 6.46. The molecule has 0 heterocycles. The lowest BCUT2D eigenvalue weighted by Gasteiger charge is -2.54. The van der Waals surface area contributed by atoms with Crippen LogP contribution in [0.3, 0.4) is 0 Å². The molecule has 0 bridgehead atoms. The van der Waals surface area contributed by atoms with E-state index in [0.29, 0.717) is 25.2 Å². The summed E-state index contributed by atoms with van der Waals surface area (Å²) in [5, 5.41) is 20.5. The van der Waals surface area contributed by atoms with Gasteiger partial charge in [-0.15, -0.1) is 0 Å². The Morgan fingerprint density at radius 3 is 2.72 bits per heavy atom. The Morgan fingerprint density at radius 2 is 2.00 bits per heavy atom. The van der Waals surface area contributed by atoms with Crippen LogP contribution in [0, 0.1) is 22.7 Å². The number of Topliss-reactive ketones (excluding diaryl/α,β-unsaturated/α-hetero) is 1. The zero-order valence-corrected chi connectivity index (χ0v) is 15.2. The molecule has 0 radical (unpaired) electrons. The molecule has 0 aliphatic heterocycles. The van der Waals surface area contributed by atoms with Crippen molar-refractivity contribution in [3.63, 3.8) is 0 Å². The molecule has 0 spiro atoms. The van der Waals surface area contributed by atoms with Crippen LogP contribution < -0.4 is 0 Å². The lowest BCUT2D eigenvalue weighted by atomic mass is 9.50. The van der Waals surface area contributed by atoms with Gasteiger partial charge in [0, 0.05) is 17.3 Å². The van der Waals surface area contributed by atoms with Gasteiger partial charge < -0.3 is 10.2 Å². The lowest BCUT2D eigenvalue weighted by molar-refractivity contribution is -0.155. The Hall–Kier alpha value is -1.26. The predicted octanol–water partition coefficient (Wildman–Crippen LogP) is 2.73. The van der Waals surface area contributed by atoms with Crippen molar-refractivity contribution in [2.45, 2.75) is 64.4 Å². The van der Waals surface area contributed by atoms with Gasteiger partial charge in [0.05, 0.1) is 0 Å². The van der Waals surface area contributed by atoms with Gasteiger partial charge in [0.1, 0.15) is 12.2 Å². The minimum Gasteiger partial charge on any atom is -0.388 e. The maximum absolute atomic E-state index is 12.3. The topological polar surface area (TPSA) is 74.6 Å². The third-order valence-corrected chi connectivity index (χ3v) is 8.09. The van der Waals surface area contributed by atoms with Gasteiger partial charge in [-0.1, -0.05) is 31.1 Å². The summed E-state index contributed by atoms with van der Waals surface area (Å²) in [6.45, 7) is 3.71. The molecule has 2 saturated carbocycles. The second-order valence-corrected chi connectivity index (χ2v) is 8.98. The van der Waals surface area contributed by atoms with E-state index < -0.39 is 23.4 Å². The van der Waals surface area contributed by atoms with Crippen LogP contribution in [0.1, 0.15) is 58.8 Å². The number of hydrogen-bond acceptors (Lipinski definition) is 4.